The van der Waals surface area contributed by atoms with Crippen molar-refractivity contribution in [3.05, 3.63) is 24.3 Å². The Morgan fingerprint density at radius 3 is 2.31 bits per heavy atom. The molecule has 3 nitrogen and oxygen atoms in total. The number of morpholine rings is 1. The molecule has 1 heterocycles. The van der Waals surface area contributed by atoms with Crippen molar-refractivity contribution >= 4 is 11.4 Å². The molecule has 0 saturated carbocycles. The van der Waals surface area contributed by atoms with E-state index in [0.717, 1.165) is 32.0 Å². The van der Waals surface area contributed by atoms with Crippen LogP contribution in [0.15, 0.2) is 24.3 Å². The largest absolute Gasteiger partial charge is 0.399 e. The van der Waals surface area contributed by atoms with Crippen molar-refractivity contribution < 1.29 is 4.74 Å². The average molecular weight is 190 g/mol. The van der Waals surface area contributed by atoms with E-state index in [9.17, 15) is 0 Å². The third kappa shape index (κ3) is 1.92. The van der Waals surface area contributed by atoms with E-state index in [1.807, 2.05) is 12.1 Å². The summed E-state index contributed by atoms with van der Waals surface area (Å²) in [6.07, 6.45) is 0. The fraction of sp³-hybridized carbons (Fsp3) is 0.400. The summed E-state index contributed by atoms with van der Waals surface area (Å²) in [5.74, 6) is 0. The SMILES string of the molecule is N[14c]1[14cH][14cH][14c](N2CCOCC2)[14cH][14cH]1. The van der Waals surface area contributed by atoms with Crippen molar-refractivity contribution in [1.29, 1.82) is 0 Å². The molecule has 70 valence electrons. The zero-order valence-electron chi connectivity index (χ0n) is 7.57. The zero-order valence-corrected chi connectivity index (χ0v) is 7.57. The molecule has 0 spiro atoms. The highest BCUT2D eigenvalue weighted by Crippen LogP contribution is 2.16. The van der Waals surface area contributed by atoms with Gasteiger partial charge in [0.2, 0.25) is 0 Å². The van der Waals surface area contributed by atoms with Crippen LogP contribution in [0.1, 0.15) is 0 Å². The Balaban J connectivity index is 2.10. The first-order chi connectivity index (χ1) is 6.36. The first-order valence-electron chi connectivity index (χ1n) is 4.54. The van der Waals surface area contributed by atoms with Gasteiger partial charge in [0.25, 0.3) is 0 Å². The first kappa shape index (κ1) is 8.38. The lowest BCUT2D eigenvalue weighted by molar-refractivity contribution is 0.122. The van der Waals surface area contributed by atoms with Crippen LogP contribution in [-0.2, 0) is 4.74 Å². The highest BCUT2D eigenvalue weighted by molar-refractivity contribution is 5.53. The van der Waals surface area contributed by atoms with Gasteiger partial charge < -0.3 is 15.4 Å². The summed E-state index contributed by atoms with van der Waals surface area (Å²) < 4.78 is 5.28. The molecular formula is C10H14N2O. The van der Waals surface area contributed by atoms with E-state index in [-0.39, 0.29) is 0 Å². The molecule has 2 rings (SSSR count). The van der Waals surface area contributed by atoms with Gasteiger partial charge in [-0.15, -0.1) is 0 Å². The molecule has 1 aliphatic rings. The molecule has 3 heteroatoms. The molecule has 1 fully saturated rings. The maximum Gasteiger partial charge on any atom is 0.0642 e. The fourth-order valence-electron chi connectivity index (χ4n) is 1.51. The van der Waals surface area contributed by atoms with E-state index in [4.69, 9.17) is 10.5 Å². The summed E-state index contributed by atoms with van der Waals surface area (Å²) in [7, 11) is 0. The number of rotatable bonds is 1. The lowest BCUT2D eigenvalue weighted by Crippen LogP contribution is -2.36. The molecule has 0 atom stereocenters. The minimum Gasteiger partial charge on any atom is -0.399 e. The van der Waals surface area contributed by atoms with Crippen LogP contribution in [0.25, 0.3) is 0 Å². The van der Waals surface area contributed by atoms with Crippen molar-refractivity contribution in [2.75, 3.05) is 36.9 Å². The van der Waals surface area contributed by atoms with Crippen LogP contribution in [-0.4, -0.2) is 26.3 Å². The Hall–Kier alpha value is -1.22. The maximum atomic E-state index is 5.61. The highest BCUT2D eigenvalue weighted by Gasteiger charge is 2.09. The van der Waals surface area contributed by atoms with Gasteiger partial charge in [-0.25, -0.2) is 0 Å². The van der Waals surface area contributed by atoms with Gasteiger partial charge in [0, 0.05) is 24.5 Å². The Morgan fingerprint density at radius 1 is 1.08 bits per heavy atom. The predicted molar refractivity (Wildman–Crippen MR) is 53.9 cm³/mol. The molecular weight excluding hydrogens is 176 g/mol. The monoisotopic (exact) mass is 190 g/mol. The number of hydrogen-bond donors (Lipinski definition) is 1. The van der Waals surface area contributed by atoms with Gasteiger partial charge in [0.05, 0.1) is 13.2 Å². The standard InChI is InChI=1S/C10H14N2O/c11-9-1-3-10(4-2-9)12-5-7-13-8-6-12/h1-4H,5-8,11H2/i1+2,2+2,3+2,4+2,9+2,10+2. The molecule has 2 N–H and O–H groups in total. The summed E-state index contributed by atoms with van der Waals surface area (Å²) >= 11 is 0. The van der Waals surface area contributed by atoms with Crippen LogP contribution < -0.4 is 10.6 Å². The summed E-state index contributed by atoms with van der Waals surface area (Å²) in [6, 6.07) is 7.98. The molecule has 0 aliphatic carbocycles. The number of benzene rings is 1. The smallest absolute Gasteiger partial charge is 0.0642 e. The Kier molecular flexibility index (Phi) is 2.36. The van der Waals surface area contributed by atoms with Crippen LogP contribution in [0, 0.1) is 0 Å². The van der Waals surface area contributed by atoms with Crippen LogP contribution in [0.4, 0.5) is 11.4 Å². The van der Waals surface area contributed by atoms with Crippen molar-refractivity contribution in [1.82, 2.24) is 0 Å². The Morgan fingerprint density at radius 2 is 1.69 bits per heavy atom. The van der Waals surface area contributed by atoms with Crippen LogP contribution >= 0.6 is 0 Å². The molecule has 0 aromatic heterocycles. The van der Waals surface area contributed by atoms with E-state index >= 15 is 0 Å². The number of nitrogens with zero attached hydrogens (tertiary/aromatic N) is 1. The quantitative estimate of drug-likeness (QED) is 0.674. The van der Waals surface area contributed by atoms with Gasteiger partial charge in [-0.1, -0.05) is 0 Å². The molecule has 0 radical (unpaired) electrons. The van der Waals surface area contributed by atoms with E-state index in [1.165, 1.54) is 5.69 Å². The van der Waals surface area contributed by atoms with E-state index in [0.29, 0.717) is 0 Å². The summed E-state index contributed by atoms with van der Waals surface area (Å²) in [4.78, 5) is 2.31. The van der Waals surface area contributed by atoms with Crippen LogP contribution in [0.3, 0.4) is 0 Å². The number of anilines is 2. The minimum absolute atomic E-state index is 0.817. The Bertz CT molecular complexity index is 265. The van der Waals surface area contributed by atoms with Crippen LogP contribution in [0.5, 0.6) is 0 Å². The van der Waals surface area contributed by atoms with Gasteiger partial charge in [0.15, 0.2) is 0 Å². The lowest BCUT2D eigenvalue weighted by Gasteiger charge is -2.28. The maximum absolute atomic E-state index is 5.61. The molecule has 0 amide bonds. The second kappa shape index (κ2) is 3.66. The fourth-order valence-corrected chi connectivity index (χ4v) is 1.51. The third-order valence-electron chi connectivity index (χ3n) is 2.27. The van der Waals surface area contributed by atoms with Gasteiger partial charge >= 0.3 is 0 Å². The van der Waals surface area contributed by atoms with Crippen molar-refractivity contribution in [3.63, 3.8) is 0 Å². The molecule has 1 aromatic carbocycles. The van der Waals surface area contributed by atoms with E-state index < -0.39 is 0 Å². The lowest BCUT2D eigenvalue weighted by atomic mass is 10.5. The molecule has 1 saturated heterocycles. The van der Waals surface area contributed by atoms with Gasteiger partial charge in [-0.3, -0.25) is 0 Å². The number of nitrogens with two attached hydrogens (primary N) is 1. The van der Waals surface area contributed by atoms with Gasteiger partial charge in [-0.2, -0.15) is 0 Å². The van der Waals surface area contributed by atoms with Crippen molar-refractivity contribution in [3.8, 4) is 0 Å². The second-order valence-electron chi connectivity index (χ2n) is 3.19. The van der Waals surface area contributed by atoms with Gasteiger partial charge in [0.1, 0.15) is 0 Å². The van der Waals surface area contributed by atoms with E-state index in [2.05, 4.69) is 17.0 Å². The molecule has 1 aliphatic heterocycles. The first-order valence-corrected chi connectivity index (χ1v) is 4.54. The number of ether oxygens (including phenoxy) is 1. The third-order valence-corrected chi connectivity index (χ3v) is 2.27. The normalized spacial score (nSPS) is 17.4. The molecule has 1 aromatic rings. The second-order valence-corrected chi connectivity index (χ2v) is 3.19. The minimum atomic E-state index is 0.817. The molecule has 0 unspecified atom stereocenters. The zero-order chi connectivity index (χ0) is 9.10. The average Bonchev–Trinajstić information content (AvgIpc) is 2.20. The number of nitrogen functional groups attached to an aromatic ring is 1. The molecule has 0 bridgehead atoms. The topological polar surface area (TPSA) is 38.5 Å². The number of hydrogen-bond acceptors (Lipinski definition) is 3. The van der Waals surface area contributed by atoms with Crippen molar-refractivity contribution in [2.24, 2.45) is 0 Å². The van der Waals surface area contributed by atoms with Gasteiger partial charge in [-0.05, 0) is 24.3 Å². The highest BCUT2D eigenvalue weighted by atomic mass is 16.5. The van der Waals surface area contributed by atoms with E-state index in [1.54, 1.807) is 0 Å². The summed E-state index contributed by atoms with van der Waals surface area (Å²) in [5, 5.41) is 0. The Labute approximate surface area is 78.1 Å². The summed E-state index contributed by atoms with van der Waals surface area (Å²) in [5.41, 5.74) is 7.66. The van der Waals surface area contributed by atoms with Crippen LogP contribution in [0.2, 0.25) is 0 Å². The predicted octanol–water partition coefficient (Wildman–Crippen LogP) is 1.11. The molecule has 13 heavy (non-hydrogen) atoms. The summed E-state index contributed by atoms with van der Waals surface area (Å²) in [6.45, 7) is 3.60. The van der Waals surface area contributed by atoms with Crippen molar-refractivity contribution in [2.45, 2.75) is 0 Å².